The van der Waals surface area contributed by atoms with Gasteiger partial charge in [0.1, 0.15) is 0 Å². The Kier molecular flexibility index (Phi) is 5.27. The monoisotopic (exact) mass is 276 g/mol. The zero-order valence-electron chi connectivity index (χ0n) is 12.4. The number of amides is 1. The predicted octanol–water partition coefficient (Wildman–Crippen LogP) is 4.02. The van der Waals surface area contributed by atoms with Crippen molar-refractivity contribution in [2.75, 3.05) is 23.4 Å². The number of nitrogens with one attached hydrogen (secondary N) is 1. The first-order valence-corrected chi connectivity index (χ1v) is 7.55. The highest BCUT2D eigenvalue weighted by Crippen LogP contribution is 2.27. The van der Waals surface area contributed by atoms with Crippen molar-refractivity contribution in [3.8, 4) is 0 Å². The normalized spacial score (nSPS) is 18.7. The maximum Gasteiger partial charge on any atom is 0.411 e. The van der Waals surface area contributed by atoms with Gasteiger partial charge in [0.15, 0.2) is 0 Å². The lowest BCUT2D eigenvalue weighted by atomic mass is 9.99. The third kappa shape index (κ3) is 3.65. The smallest absolute Gasteiger partial charge is 0.411 e. The van der Waals surface area contributed by atoms with Gasteiger partial charge >= 0.3 is 6.09 Å². The lowest BCUT2D eigenvalue weighted by Gasteiger charge is -2.37. The average molecular weight is 276 g/mol. The van der Waals surface area contributed by atoms with E-state index < -0.39 is 6.09 Å². The van der Waals surface area contributed by atoms with Crippen molar-refractivity contribution >= 4 is 17.5 Å². The number of ether oxygens (including phenoxy) is 1. The lowest BCUT2D eigenvalue weighted by molar-refractivity contribution is 0.168. The van der Waals surface area contributed by atoms with Crippen molar-refractivity contribution in [3.05, 3.63) is 24.3 Å². The van der Waals surface area contributed by atoms with E-state index in [1.54, 1.807) is 6.92 Å². The fraction of sp³-hybridized carbons (Fsp3) is 0.562. The first kappa shape index (κ1) is 14.7. The molecule has 1 unspecified atom stereocenters. The van der Waals surface area contributed by atoms with Crippen LogP contribution in [-0.4, -0.2) is 25.3 Å². The summed E-state index contributed by atoms with van der Waals surface area (Å²) in [4.78, 5) is 13.8. The molecule has 20 heavy (non-hydrogen) atoms. The van der Waals surface area contributed by atoms with Gasteiger partial charge < -0.3 is 9.64 Å². The van der Waals surface area contributed by atoms with E-state index in [2.05, 4.69) is 29.3 Å². The van der Waals surface area contributed by atoms with Gasteiger partial charge in [-0.3, -0.25) is 5.32 Å². The van der Waals surface area contributed by atoms with Crippen LogP contribution in [0, 0.1) is 0 Å². The highest BCUT2D eigenvalue weighted by Gasteiger charge is 2.20. The number of benzene rings is 1. The third-order valence-corrected chi connectivity index (χ3v) is 3.82. The summed E-state index contributed by atoms with van der Waals surface area (Å²) in [5.74, 6) is 0. The molecule has 1 aliphatic rings. The first-order chi connectivity index (χ1) is 9.74. The molecule has 4 heteroatoms. The van der Waals surface area contributed by atoms with Gasteiger partial charge in [-0.2, -0.15) is 0 Å². The third-order valence-electron chi connectivity index (χ3n) is 3.82. The van der Waals surface area contributed by atoms with Crippen LogP contribution in [0.1, 0.15) is 39.5 Å². The zero-order valence-corrected chi connectivity index (χ0v) is 12.4. The molecule has 0 radical (unpaired) electrons. The number of hydrogen-bond donors (Lipinski definition) is 1. The molecule has 110 valence electrons. The van der Waals surface area contributed by atoms with Crippen LogP contribution in [0.15, 0.2) is 24.3 Å². The SMILES string of the molecule is CCOC(=O)Nc1ccc(N2CCCCC2CC)cc1. The van der Waals surface area contributed by atoms with Crippen LogP contribution >= 0.6 is 0 Å². The van der Waals surface area contributed by atoms with Gasteiger partial charge in [0.05, 0.1) is 6.61 Å². The molecule has 1 atom stereocenters. The molecule has 0 aliphatic carbocycles. The molecule has 1 fully saturated rings. The Labute approximate surface area is 121 Å². The van der Waals surface area contributed by atoms with Gasteiger partial charge in [0, 0.05) is 24.0 Å². The number of carbonyl (C=O) groups excluding carboxylic acids is 1. The van der Waals surface area contributed by atoms with E-state index in [-0.39, 0.29) is 0 Å². The molecule has 4 nitrogen and oxygen atoms in total. The summed E-state index contributed by atoms with van der Waals surface area (Å²) < 4.78 is 4.87. The number of carbonyl (C=O) groups is 1. The summed E-state index contributed by atoms with van der Waals surface area (Å²) in [6, 6.07) is 8.68. The van der Waals surface area contributed by atoms with Gasteiger partial charge in [-0.05, 0) is 56.9 Å². The van der Waals surface area contributed by atoms with Gasteiger partial charge in [-0.25, -0.2) is 4.79 Å². The minimum Gasteiger partial charge on any atom is -0.450 e. The number of rotatable bonds is 4. The molecule has 0 aromatic heterocycles. The van der Waals surface area contributed by atoms with E-state index in [4.69, 9.17) is 4.74 Å². The summed E-state index contributed by atoms with van der Waals surface area (Å²) >= 11 is 0. The first-order valence-electron chi connectivity index (χ1n) is 7.55. The Bertz CT molecular complexity index is 431. The molecule has 0 bridgehead atoms. The Morgan fingerprint density at radius 1 is 1.30 bits per heavy atom. The van der Waals surface area contributed by atoms with Crippen molar-refractivity contribution in [1.82, 2.24) is 0 Å². The molecule has 1 saturated heterocycles. The zero-order chi connectivity index (χ0) is 14.4. The summed E-state index contributed by atoms with van der Waals surface area (Å²) in [7, 11) is 0. The van der Waals surface area contributed by atoms with E-state index in [1.807, 2.05) is 12.1 Å². The van der Waals surface area contributed by atoms with Gasteiger partial charge in [-0.15, -0.1) is 0 Å². The van der Waals surface area contributed by atoms with E-state index in [1.165, 1.54) is 31.4 Å². The fourth-order valence-corrected chi connectivity index (χ4v) is 2.79. The minimum absolute atomic E-state index is 0.385. The number of nitrogens with zero attached hydrogens (tertiary/aromatic N) is 1. The van der Waals surface area contributed by atoms with E-state index in [0.717, 1.165) is 12.2 Å². The molecule has 0 spiro atoms. The van der Waals surface area contributed by atoms with Crippen molar-refractivity contribution in [2.45, 2.75) is 45.6 Å². The Morgan fingerprint density at radius 3 is 2.70 bits per heavy atom. The molecule has 0 saturated carbocycles. The largest absolute Gasteiger partial charge is 0.450 e. The van der Waals surface area contributed by atoms with Crippen molar-refractivity contribution < 1.29 is 9.53 Å². The van der Waals surface area contributed by atoms with Gasteiger partial charge in [0.2, 0.25) is 0 Å². The van der Waals surface area contributed by atoms with Crippen molar-refractivity contribution in [2.24, 2.45) is 0 Å². The summed E-state index contributed by atoms with van der Waals surface area (Å²) in [6.45, 7) is 5.56. The van der Waals surface area contributed by atoms with Crippen molar-refractivity contribution in [3.63, 3.8) is 0 Å². The molecule has 1 aliphatic heterocycles. The van der Waals surface area contributed by atoms with Crippen LogP contribution in [0.5, 0.6) is 0 Å². The van der Waals surface area contributed by atoms with E-state index in [0.29, 0.717) is 12.6 Å². The van der Waals surface area contributed by atoms with Crippen LogP contribution in [0.2, 0.25) is 0 Å². The summed E-state index contributed by atoms with van der Waals surface area (Å²) in [5.41, 5.74) is 2.02. The van der Waals surface area contributed by atoms with Crippen molar-refractivity contribution in [1.29, 1.82) is 0 Å². The summed E-state index contributed by atoms with van der Waals surface area (Å²) in [5, 5.41) is 2.72. The second-order valence-corrected chi connectivity index (χ2v) is 5.14. The maximum atomic E-state index is 11.4. The molecule has 1 heterocycles. The summed E-state index contributed by atoms with van der Waals surface area (Å²) in [6.07, 6.45) is 4.66. The maximum absolute atomic E-state index is 11.4. The standard InChI is InChI=1S/C16H24N2O2/c1-3-14-7-5-6-12-18(14)15-10-8-13(9-11-15)17-16(19)20-4-2/h8-11,14H,3-7,12H2,1-2H3,(H,17,19). The van der Waals surface area contributed by atoms with Gasteiger partial charge in [0.25, 0.3) is 0 Å². The average Bonchev–Trinajstić information content (AvgIpc) is 2.48. The second-order valence-electron chi connectivity index (χ2n) is 5.14. The fourth-order valence-electron chi connectivity index (χ4n) is 2.79. The predicted molar refractivity (Wildman–Crippen MR) is 82.4 cm³/mol. The van der Waals surface area contributed by atoms with Crippen LogP contribution in [0.4, 0.5) is 16.2 Å². The second kappa shape index (κ2) is 7.17. The van der Waals surface area contributed by atoms with Crippen LogP contribution < -0.4 is 10.2 Å². The van der Waals surface area contributed by atoms with Crippen LogP contribution in [0.25, 0.3) is 0 Å². The van der Waals surface area contributed by atoms with Crippen LogP contribution in [0.3, 0.4) is 0 Å². The molecule has 1 aromatic rings. The topological polar surface area (TPSA) is 41.6 Å². The van der Waals surface area contributed by atoms with E-state index >= 15 is 0 Å². The molecule has 2 rings (SSSR count). The Balaban J connectivity index is 2.01. The minimum atomic E-state index is -0.398. The van der Waals surface area contributed by atoms with E-state index in [9.17, 15) is 4.79 Å². The van der Waals surface area contributed by atoms with Gasteiger partial charge in [-0.1, -0.05) is 6.92 Å². The number of piperidine rings is 1. The van der Waals surface area contributed by atoms with Crippen LogP contribution in [-0.2, 0) is 4.74 Å². The molecular weight excluding hydrogens is 252 g/mol. The molecule has 1 amide bonds. The Morgan fingerprint density at radius 2 is 2.05 bits per heavy atom. The lowest BCUT2D eigenvalue weighted by Crippen LogP contribution is -2.39. The highest BCUT2D eigenvalue weighted by molar-refractivity contribution is 5.84. The number of anilines is 2. The molecule has 1 aromatic carbocycles. The molecular formula is C16H24N2O2. The Hall–Kier alpha value is -1.71. The highest BCUT2D eigenvalue weighted by atomic mass is 16.5. The molecule has 1 N–H and O–H groups in total. The number of hydrogen-bond acceptors (Lipinski definition) is 3. The quantitative estimate of drug-likeness (QED) is 0.903.